The average Bonchev–Trinajstić information content (AvgIpc) is 2.48. The van der Waals surface area contributed by atoms with E-state index in [0.29, 0.717) is 0 Å². The van der Waals surface area contributed by atoms with Gasteiger partial charge in [-0.2, -0.15) is 0 Å². The minimum atomic E-state index is 0.774. The highest BCUT2D eigenvalue weighted by atomic mass is 15.2. The van der Waals surface area contributed by atoms with Crippen LogP contribution in [0.2, 0.25) is 0 Å². The molecule has 2 aliphatic heterocycles. The maximum atomic E-state index is 3.83. The van der Waals surface area contributed by atoms with Gasteiger partial charge in [0, 0.05) is 38.3 Å². The van der Waals surface area contributed by atoms with Crippen LogP contribution in [0.3, 0.4) is 0 Å². The Morgan fingerprint density at radius 3 is 2.50 bits per heavy atom. The topological polar surface area (TPSA) is 18.5 Å². The first-order valence-corrected chi connectivity index (χ1v) is 8.90. The number of piperidine rings is 1. The lowest BCUT2D eigenvalue weighted by Gasteiger charge is -2.47. The van der Waals surface area contributed by atoms with Gasteiger partial charge in [0.1, 0.15) is 0 Å². The molecule has 3 atom stereocenters. The molecule has 1 N–H and O–H groups in total. The lowest BCUT2D eigenvalue weighted by atomic mass is 9.82. The Labute approximate surface area is 125 Å². The summed E-state index contributed by atoms with van der Waals surface area (Å²) in [5.41, 5.74) is 0. The fraction of sp³-hybridized carbons (Fsp3) is 1.00. The van der Waals surface area contributed by atoms with Gasteiger partial charge in [-0.25, -0.2) is 0 Å². The van der Waals surface area contributed by atoms with Gasteiger partial charge in [-0.15, -0.1) is 0 Å². The smallest absolute Gasteiger partial charge is 0.0223 e. The number of piperazine rings is 1. The predicted octanol–water partition coefficient (Wildman–Crippen LogP) is 2.18. The lowest BCUT2D eigenvalue weighted by Crippen LogP contribution is -2.59. The number of likely N-dealkylation sites (tertiary alicyclic amines) is 1. The first kappa shape index (κ1) is 14.8. The molecule has 3 aliphatic rings. The van der Waals surface area contributed by atoms with Crippen molar-refractivity contribution in [2.24, 2.45) is 11.8 Å². The van der Waals surface area contributed by atoms with Crippen molar-refractivity contribution in [1.82, 2.24) is 15.1 Å². The van der Waals surface area contributed by atoms with E-state index < -0.39 is 0 Å². The molecule has 0 bridgehead atoms. The van der Waals surface area contributed by atoms with E-state index in [1.807, 2.05) is 0 Å². The van der Waals surface area contributed by atoms with Crippen LogP contribution in [-0.4, -0.2) is 61.7 Å². The van der Waals surface area contributed by atoms with Crippen molar-refractivity contribution in [1.29, 1.82) is 0 Å². The Hall–Kier alpha value is -0.120. The first-order chi connectivity index (χ1) is 9.74. The second kappa shape index (κ2) is 6.76. The largest absolute Gasteiger partial charge is 0.311 e. The molecule has 0 aromatic heterocycles. The minimum Gasteiger partial charge on any atom is -0.311 e. The molecule has 1 saturated carbocycles. The van der Waals surface area contributed by atoms with Crippen molar-refractivity contribution < 1.29 is 0 Å². The zero-order valence-corrected chi connectivity index (χ0v) is 13.5. The summed E-state index contributed by atoms with van der Waals surface area (Å²) in [4.78, 5) is 5.33. The van der Waals surface area contributed by atoms with E-state index in [-0.39, 0.29) is 0 Å². The monoisotopic (exact) mass is 279 g/mol. The van der Waals surface area contributed by atoms with Gasteiger partial charge in [0.15, 0.2) is 0 Å². The Bertz CT molecular complexity index is 301. The second-order valence-electron chi connectivity index (χ2n) is 7.55. The van der Waals surface area contributed by atoms with Crippen molar-refractivity contribution >= 4 is 0 Å². The average molecular weight is 279 g/mol. The highest BCUT2D eigenvalue weighted by Gasteiger charge is 2.34. The third kappa shape index (κ3) is 3.37. The molecule has 2 saturated heterocycles. The summed E-state index contributed by atoms with van der Waals surface area (Å²) in [5.74, 6) is 1.78. The number of hydrogen-bond donors (Lipinski definition) is 1. The second-order valence-corrected chi connectivity index (χ2v) is 7.55. The molecular formula is C17H33N3. The summed E-state index contributed by atoms with van der Waals surface area (Å²) in [5, 5.41) is 3.83. The van der Waals surface area contributed by atoms with E-state index in [1.165, 1.54) is 71.2 Å². The van der Waals surface area contributed by atoms with Gasteiger partial charge < -0.3 is 10.2 Å². The van der Waals surface area contributed by atoms with E-state index >= 15 is 0 Å². The molecule has 3 rings (SSSR count). The van der Waals surface area contributed by atoms with E-state index in [4.69, 9.17) is 0 Å². The van der Waals surface area contributed by atoms with Crippen LogP contribution in [0, 0.1) is 11.8 Å². The van der Waals surface area contributed by atoms with Gasteiger partial charge in [0.2, 0.25) is 0 Å². The highest BCUT2D eigenvalue weighted by Crippen LogP contribution is 2.29. The van der Waals surface area contributed by atoms with Gasteiger partial charge in [0.25, 0.3) is 0 Å². The molecule has 2 heterocycles. The summed E-state index contributed by atoms with van der Waals surface area (Å²) in [7, 11) is 2.27. The number of hydrogen-bond acceptors (Lipinski definition) is 3. The van der Waals surface area contributed by atoms with Gasteiger partial charge in [-0.1, -0.05) is 26.2 Å². The molecule has 20 heavy (non-hydrogen) atoms. The standard InChI is InChI=1S/C17H33N3/c1-14-12-19(2)10-8-17(14)20-11-9-18-16(13-20)15-6-4-3-5-7-15/h14-18H,3-13H2,1-2H3. The predicted molar refractivity (Wildman–Crippen MR) is 85.0 cm³/mol. The lowest BCUT2D eigenvalue weighted by molar-refractivity contribution is 0.0415. The molecule has 116 valence electrons. The Morgan fingerprint density at radius 2 is 1.75 bits per heavy atom. The molecule has 0 aromatic carbocycles. The van der Waals surface area contributed by atoms with Gasteiger partial charge in [-0.05, 0) is 44.7 Å². The molecule has 0 amide bonds. The third-order valence-corrected chi connectivity index (χ3v) is 5.99. The fourth-order valence-electron chi connectivity index (χ4n) is 4.84. The summed E-state index contributed by atoms with van der Waals surface area (Å²) in [6, 6.07) is 1.61. The van der Waals surface area contributed by atoms with Crippen LogP contribution in [-0.2, 0) is 0 Å². The number of nitrogens with zero attached hydrogens (tertiary/aromatic N) is 2. The van der Waals surface area contributed by atoms with Crippen LogP contribution in [0.25, 0.3) is 0 Å². The normalized spacial score (nSPS) is 39.0. The molecule has 3 unspecified atom stereocenters. The Morgan fingerprint density at radius 1 is 0.950 bits per heavy atom. The SMILES string of the molecule is CC1CN(C)CCC1N1CCNC(C2CCCCC2)C1. The van der Waals surface area contributed by atoms with Crippen LogP contribution in [0.4, 0.5) is 0 Å². The quantitative estimate of drug-likeness (QED) is 0.836. The fourth-order valence-corrected chi connectivity index (χ4v) is 4.84. The maximum absolute atomic E-state index is 3.83. The van der Waals surface area contributed by atoms with Crippen molar-refractivity contribution in [2.75, 3.05) is 39.8 Å². The van der Waals surface area contributed by atoms with E-state index in [1.54, 1.807) is 0 Å². The summed E-state index contributed by atoms with van der Waals surface area (Å²) < 4.78 is 0. The first-order valence-electron chi connectivity index (χ1n) is 8.90. The van der Waals surface area contributed by atoms with E-state index in [2.05, 4.69) is 29.1 Å². The molecule has 3 heteroatoms. The molecule has 0 radical (unpaired) electrons. The molecule has 3 nitrogen and oxygen atoms in total. The van der Waals surface area contributed by atoms with Crippen LogP contribution in [0.15, 0.2) is 0 Å². The van der Waals surface area contributed by atoms with Crippen LogP contribution < -0.4 is 5.32 Å². The zero-order valence-electron chi connectivity index (χ0n) is 13.5. The molecule has 0 spiro atoms. The van der Waals surface area contributed by atoms with Crippen molar-refractivity contribution in [3.8, 4) is 0 Å². The third-order valence-electron chi connectivity index (χ3n) is 5.99. The van der Waals surface area contributed by atoms with Crippen LogP contribution in [0.1, 0.15) is 45.4 Å². The van der Waals surface area contributed by atoms with Gasteiger partial charge >= 0.3 is 0 Å². The van der Waals surface area contributed by atoms with Gasteiger partial charge in [-0.3, -0.25) is 4.90 Å². The van der Waals surface area contributed by atoms with E-state index in [9.17, 15) is 0 Å². The number of rotatable bonds is 2. The molecular weight excluding hydrogens is 246 g/mol. The van der Waals surface area contributed by atoms with Gasteiger partial charge in [0.05, 0.1) is 0 Å². The highest BCUT2D eigenvalue weighted by molar-refractivity contribution is 4.91. The molecule has 0 aromatic rings. The molecule has 3 fully saturated rings. The van der Waals surface area contributed by atoms with E-state index in [0.717, 1.165) is 23.9 Å². The summed E-state index contributed by atoms with van der Waals surface area (Å²) in [6.07, 6.45) is 8.71. The summed E-state index contributed by atoms with van der Waals surface area (Å²) >= 11 is 0. The summed E-state index contributed by atoms with van der Waals surface area (Å²) in [6.45, 7) is 8.80. The Balaban J connectivity index is 1.57. The van der Waals surface area contributed by atoms with Crippen molar-refractivity contribution in [3.05, 3.63) is 0 Å². The van der Waals surface area contributed by atoms with Crippen LogP contribution >= 0.6 is 0 Å². The van der Waals surface area contributed by atoms with Crippen molar-refractivity contribution in [2.45, 2.75) is 57.5 Å². The molecule has 1 aliphatic carbocycles. The zero-order chi connectivity index (χ0) is 13.9. The Kier molecular flexibility index (Phi) is 5.00. The van der Waals surface area contributed by atoms with Crippen LogP contribution in [0.5, 0.6) is 0 Å². The minimum absolute atomic E-state index is 0.774. The van der Waals surface area contributed by atoms with Crippen molar-refractivity contribution in [3.63, 3.8) is 0 Å². The number of nitrogens with one attached hydrogen (secondary N) is 1. The maximum Gasteiger partial charge on any atom is 0.0223 e.